The molecule has 0 saturated heterocycles. The van der Waals surface area contributed by atoms with Gasteiger partial charge in [-0.05, 0) is 43.7 Å². The van der Waals surface area contributed by atoms with Gasteiger partial charge in [-0.2, -0.15) is 5.10 Å². The normalized spacial score (nSPS) is 18.0. The average molecular weight is 207 g/mol. The summed E-state index contributed by atoms with van der Waals surface area (Å²) in [6, 6.07) is 0.675. The highest BCUT2D eigenvalue weighted by molar-refractivity contribution is 5.07. The Morgan fingerprint density at radius 1 is 1.60 bits per heavy atom. The molecule has 1 N–H and O–H groups in total. The molecule has 1 aliphatic rings. The summed E-state index contributed by atoms with van der Waals surface area (Å²) in [7, 11) is 1.98. The Hall–Kier alpha value is -0.830. The summed E-state index contributed by atoms with van der Waals surface area (Å²) < 4.78 is 1.89. The smallest absolute Gasteiger partial charge is 0.0522 e. The summed E-state index contributed by atoms with van der Waals surface area (Å²) in [6.07, 6.45) is 9.28. The molecule has 1 atom stereocenters. The van der Waals surface area contributed by atoms with Gasteiger partial charge in [0.15, 0.2) is 0 Å². The van der Waals surface area contributed by atoms with Crippen molar-refractivity contribution in [1.29, 1.82) is 0 Å². The van der Waals surface area contributed by atoms with E-state index in [2.05, 4.69) is 23.5 Å². The molecule has 1 aromatic rings. The first-order chi connectivity index (χ1) is 7.29. The third-order valence-electron chi connectivity index (χ3n) is 3.06. The van der Waals surface area contributed by atoms with Crippen LogP contribution in [0.4, 0.5) is 0 Å². The number of rotatable bonds is 6. The molecule has 1 aliphatic carbocycles. The molecule has 0 aliphatic heterocycles. The lowest BCUT2D eigenvalue weighted by Crippen LogP contribution is -2.33. The van der Waals surface area contributed by atoms with Gasteiger partial charge in [-0.1, -0.05) is 6.92 Å². The molecule has 0 spiro atoms. The zero-order valence-corrected chi connectivity index (χ0v) is 9.74. The summed E-state index contributed by atoms with van der Waals surface area (Å²) in [4.78, 5) is 0. The Morgan fingerprint density at radius 2 is 2.40 bits per heavy atom. The highest BCUT2D eigenvalue weighted by Gasteiger charge is 2.30. The van der Waals surface area contributed by atoms with Crippen LogP contribution in [0.5, 0.6) is 0 Å². The van der Waals surface area contributed by atoms with Crippen molar-refractivity contribution in [2.24, 2.45) is 13.0 Å². The van der Waals surface area contributed by atoms with Crippen LogP contribution in [0.15, 0.2) is 12.4 Å². The molecule has 0 amide bonds. The fraction of sp³-hybridized carbons (Fsp3) is 0.750. The van der Waals surface area contributed by atoms with Gasteiger partial charge in [0.2, 0.25) is 0 Å². The van der Waals surface area contributed by atoms with Crippen molar-refractivity contribution < 1.29 is 0 Å². The van der Waals surface area contributed by atoms with Gasteiger partial charge in [0.1, 0.15) is 0 Å². The summed E-state index contributed by atoms with van der Waals surface area (Å²) in [5, 5.41) is 7.87. The van der Waals surface area contributed by atoms with E-state index in [1.807, 2.05) is 17.9 Å². The van der Waals surface area contributed by atoms with Gasteiger partial charge in [-0.3, -0.25) is 4.68 Å². The van der Waals surface area contributed by atoms with E-state index >= 15 is 0 Å². The van der Waals surface area contributed by atoms with Crippen LogP contribution in [0.1, 0.15) is 31.7 Å². The van der Waals surface area contributed by atoms with Gasteiger partial charge in [0, 0.05) is 19.3 Å². The second-order valence-corrected chi connectivity index (χ2v) is 4.62. The van der Waals surface area contributed by atoms with Crippen molar-refractivity contribution >= 4 is 0 Å². The molecule has 15 heavy (non-hydrogen) atoms. The molecule has 1 unspecified atom stereocenters. The van der Waals surface area contributed by atoms with E-state index < -0.39 is 0 Å². The van der Waals surface area contributed by atoms with Crippen LogP contribution >= 0.6 is 0 Å². The molecular formula is C12H21N3. The standard InChI is InChI=1S/C12H21N3/c1-3-6-13-12(11-4-5-11)7-10-8-14-15(2)9-10/h8-9,11-13H,3-7H2,1-2H3. The Morgan fingerprint density at radius 3 is 2.93 bits per heavy atom. The van der Waals surface area contributed by atoms with E-state index in [9.17, 15) is 0 Å². The van der Waals surface area contributed by atoms with Crippen LogP contribution in [0.3, 0.4) is 0 Å². The maximum atomic E-state index is 4.22. The number of nitrogens with one attached hydrogen (secondary N) is 1. The van der Waals surface area contributed by atoms with Crippen molar-refractivity contribution in [3.05, 3.63) is 18.0 Å². The first-order valence-electron chi connectivity index (χ1n) is 6.00. The molecule has 0 aromatic carbocycles. The van der Waals surface area contributed by atoms with Crippen molar-refractivity contribution in [3.63, 3.8) is 0 Å². The Kier molecular flexibility index (Phi) is 3.41. The van der Waals surface area contributed by atoms with E-state index in [1.54, 1.807) is 0 Å². The lowest BCUT2D eigenvalue weighted by atomic mass is 10.0. The zero-order chi connectivity index (χ0) is 10.7. The minimum absolute atomic E-state index is 0.675. The van der Waals surface area contributed by atoms with Gasteiger partial charge < -0.3 is 5.32 Å². The second kappa shape index (κ2) is 4.79. The molecule has 1 heterocycles. The molecule has 3 nitrogen and oxygen atoms in total. The topological polar surface area (TPSA) is 29.9 Å². The number of hydrogen-bond donors (Lipinski definition) is 1. The summed E-state index contributed by atoms with van der Waals surface area (Å²) in [6.45, 7) is 3.36. The average Bonchev–Trinajstić information content (AvgIpc) is 2.98. The van der Waals surface area contributed by atoms with Crippen LogP contribution in [0.25, 0.3) is 0 Å². The minimum atomic E-state index is 0.675. The van der Waals surface area contributed by atoms with Crippen molar-refractivity contribution in [2.75, 3.05) is 6.54 Å². The molecule has 1 aromatic heterocycles. The minimum Gasteiger partial charge on any atom is -0.313 e. The van der Waals surface area contributed by atoms with Crippen LogP contribution in [-0.4, -0.2) is 22.4 Å². The lowest BCUT2D eigenvalue weighted by molar-refractivity contribution is 0.460. The second-order valence-electron chi connectivity index (χ2n) is 4.62. The zero-order valence-electron chi connectivity index (χ0n) is 9.74. The first-order valence-corrected chi connectivity index (χ1v) is 6.00. The van der Waals surface area contributed by atoms with Crippen LogP contribution < -0.4 is 5.32 Å². The molecule has 2 rings (SSSR count). The first kappa shape index (κ1) is 10.7. The van der Waals surface area contributed by atoms with E-state index in [4.69, 9.17) is 0 Å². The molecular weight excluding hydrogens is 186 g/mol. The largest absolute Gasteiger partial charge is 0.313 e. The summed E-state index contributed by atoms with van der Waals surface area (Å²) in [5.41, 5.74) is 1.36. The van der Waals surface area contributed by atoms with Crippen LogP contribution in [0, 0.1) is 5.92 Å². The van der Waals surface area contributed by atoms with E-state index in [0.717, 1.165) is 18.9 Å². The SMILES string of the molecule is CCCNC(Cc1cnn(C)c1)C1CC1. The van der Waals surface area contributed by atoms with E-state index in [-0.39, 0.29) is 0 Å². The molecule has 84 valence electrons. The maximum absolute atomic E-state index is 4.22. The molecule has 1 saturated carbocycles. The van der Waals surface area contributed by atoms with E-state index in [1.165, 1.54) is 24.8 Å². The lowest BCUT2D eigenvalue weighted by Gasteiger charge is -2.16. The predicted molar refractivity (Wildman–Crippen MR) is 61.7 cm³/mol. The van der Waals surface area contributed by atoms with Gasteiger partial charge in [-0.15, -0.1) is 0 Å². The fourth-order valence-electron chi connectivity index (χ4n) is 2.07. The monoisotopic (exact) mass is 207 g/mol. The summed E-state index contributed by atoms with van der Waals surface area (Å²) >= 11 is 0. The quantitative estimate of drug-likeness (QED) is 0.770. The Bertz CT molecular complexity index is 302. The van der Waals surface area contributed by atoms with Crippen molar-refractivity contribution in [2.45, 2.75) is 38.6 Å². The fourth-order valence-corrected chi connectivity index (χ4v) is 2.07. The number of hydrogen-bond acceptors (Lipinski definition) is 2. The predicted octanol–water partition coefficient (Wildman–Crippen LogP) is 1.74. The van der Waals surface area contributed by atoms with Crippen molar-refractivity contribution in [1.82, 2.24) is 15.1 Å². The Balaban J connectivity index is 1.88. The molecule has 3 heteroatoms. The summed E-state index contributed by atoms with van der Waals surface area (Å²) in [5.74, 6) is 0.914. The van der Waals surface area contributed by atoms with Gasteiger partial charge >= 0.3 is 0 Å². The van der Waals surface area contributed by atoms with Crippen LogP contribution in [-0.2, 0) is 13.5 Å². The van der Waals surface area contributed by atoms with Gasteiger partial charge in [0.05, 0.1) is 6.20 Å². The van der Waals surface area contributed by atoms with Crippen LogP contribution in [0.2, 0.25) is 0 Å². The third kappa shape index (κ3) is 3.06. The number of aromatic nitrogens is 2. The van der Waals surface area contributed by atoms with Gasteiger partial charge in [-0.25, -0.2) is 0 Å². The van der Waals surface area contributed by atoms with E-state index in [0.29, 0.717) is 6.04 Å². The number of nitrogens with zero attached hydrogens (tertiary/aromatic N) is 2. The highest BCUT2D eigenvalue weighted by atomic mass is 15.2. The molecule has 0 bridgehead atoms. The Labute approximate surface area is 91.9 Å². The van der Waals surface area contributed by atoms with Crippen molar-refractivity contribution in [3.8, 4) is 0 Å². The maximum Gasteiger partial charge on any atom is 0.0522 e. The third-order valence-corrected chi connectivity index (χ3v) is 3.06. The van der Waals surface area contributed by atoms with Gasteiger partial charge in [0.25, 0.3) is 0 Å². The number of aryl methyl sites for hydroxylation is 1. The molecule has 0 radical (unpaired) electrons. The molecule has 1 fully saturated rings. The highest BCUT2D eigenvalue weighted by Crippen LogP contribution is 2.34.